The summed E-state index contributed by atoms with van der Waals surface area (Å²) in [6, 6.07) is 12.8. The number of carbonyl (C=O) groups is 2. The van der Waals surface area contributed by atoms with Gasteiger partial charge in [0.05, 0.1) is 35.3 Å². The molecule has 0 unspecified atom stereocenters. The maximum Gasteiger partial charge on any atom is 0.321 e. The number of para-hydroxylation sites is 1. The molecule has 3 aromatic rings. The molecule has 5 rings (SSSR count). The minimum absolute atomic E-state index is 0.0108. The second-order valence-electron chi connectivity index (χ2n) is 10.7. The Labute approximate surface area is 254 Å². The molecule has 0 aliphatic carbocycles. The number of likely N-dealkylation sites (N-methyl/N-ethyl adjacent to an activating group) is 1. The quantitative estimate of drug-likeness (QED) is 0.342. The van der Waals surface area contributed by atoms with E-state index < -0.39 is 39.9 Å². The Morgan fingerprint density at radius 1 is 1.14 bits per heavy atom. The van der Waals surface area contributed by atoms with Crippen LogP contribution in [-0.4, -0.2) is 80.9 Å². The number of ether oxygens (including phenoxy) is 3. The first-order valence-electron chi connectivity index (χ1n) is 13.9. The lowest BCUT2D eigenvalue weighted by Crippen LogP contribution is -2.50. The van der Waals surface area contributed by atoms with Crippen LogP contribution in [-0.2, 0) is 10.0 Å². The van der Waals surface area contributed by atoms with Gasteiger partial charge in [0.15, 0.2) is 17.2 Å². The van der Waals surface area contributed by atoms with Gasteiger partial charge in [-0.05, 0) is 55.5 Å². The molecule has 2 aliphatic rings. The van der Waals surface area contributed by atoms with E-state index in [9.17, 15) is 27.5 Å². The maximum absolute atomic E-state index is 13.7. The van der Waals surface area contributed by atoms with E-state index in [0.29, 0.717) is 17.2 Å². The van der Waals surface area contributed by atoms with E-state index in [2.05, 4.69) is 10.0 Å². The first kappa shape index (κ1) is 30.9. The van der Waals surface area contributed by atoms with Crippen molar-refractivity contribution in [3.8, 4) is 17.2 Å². The fraction of sp³-hybridized carbons (Fsp3) is 0.333. The van der Waals surface area contributed by atoms with Crippen molar-refractivity contribution in [1.82, 2.24) is 9.80 Å². The van der Waals surface area contributed by atoms with Gasteiger partial charge in [0.1, 0.15) is 11.9 Å². The van der Waals surface area contributed by atoms with Crippen LogP contribution in [0.2, 0.25) is 0 Å². The molecule has 0 radical (unpaired) electrons. The molecule has 0 spiro atoms. The summed E-state index contributed by atoms with van der Waals surface area (Å²) in [5.74, 6) is -0.345. The maximum atomic E-state index is 13.7. The number of aliphatic hydroxyl groups excluding tert-OH is 1. The first-order valence-corrected chi connectivity index (χ1v) is 15.4. The van der Waals surface area contributed by atoms with Crippen molar-refractivity contribution in [2.75, 3.05) is 43.6 Å². The zero-order chi connectivity index (χ0) is 31.6. The number of urea groups is 1. The number of nitrogens with one attached hydrogen (secondary N) is 2. The Morgan fingerprint density at radius 3 is 2.59 bits per heavy atom. The Morgan fingerprint density at radius 2 is 1.86 bits per heavy atom. The van der Waals surface area contributed by atoms with Crippen molar-refractivity contribution in [2.45, 2.75) is 30.9 Å². The summed E-state index contributed by atoms with van der Waals surface area (Å²) in [7, 11) is -2.61. The van der Waals surface area contributed by atoms with E-state index in [1.807, 2.05) is 6.92 Å². The van der Waals surface area contributed by atoms with Crippen molar-refractivity contribution in [2.24, 2.45) is 5.92 Å². The van der Waals surface area contributed by atoms with Gasteiger partial charge < -0.3 is 34.4 Å². The van der Waals surface area contributed by atoms with Gasteiger partial charge in [0.2, 0.25) is 6.79 Å². The third kappa shape index (κ3) is 6.50. The summed E-state index contributed by atoms with van der Waals surface area (Å²) < 4.78 is 59.4. The molecule has 12 nitrogen and oxygen atoms in total. The number of aliphatic hydroxyl groups is 1. The lowest BCUT2D eigenvalue weighted by molar-refractivity contribution is 0.0373. The van der Waals surface area contributed by atoms with Crippen LogP contribution in [0.4, 0.5) is 20.6 Å². The van der Waals surface area contributed by atoms with Crippen LogP contribution in [0.1, 0.15) is 24.2 Å². The molecule has 14 heteroatoms. The van der Waals surface area contributed by atoms with E-state index in [1.165, 1.54) is 28.0 Å². The van der Waals surface area contributed by atoms with Crippen molar-refractivity contribution in [3.63, 3.8) is 0 Å². The zero-order valence-corrected chi connectivity index (χ0v) is 25.1. The second kappa shape index (κ2) is 12.6. The second-order valence-corrected chi connectivity index (χ2v) is 12.4. The highest BCUT2D eigenvalue weighted by Crippen LogP contribution is 2.37. The van der Waals surface area contributed by atoms with Crippen LogP contribution in [0.15, 0.2) is 65.6 Å². The van der Waals surface area contributed by atoms with Crippen LogP contribution >= 0.6 is 0 Å². The highest BCUT2D eigenvalue weighted by atomic mass is 32.2. The SMILES string of the molecule is C[C@H](CO)N1C[C@H](C)[C@@H](CN(C)C(=O)Nc2ccc3c(c2)OCO3)Oc2c(NS(=O)(=O)c3ccc(F)cc3)cccc2C1=O. The molecule has 3 amide bonds. The normalized spacial score (nSPS) is 18.4. The fourth-order valence-electron chi connectivity index (χ4n) is 4.91. The topological polar surface area (TPSA) is 147 Å². The van der Waals surface area contributed by atoms with E-state index in [4.69, 9.17) is 14.2 Å². The van der Waals surface area contributed by atoms with Gasteiger partial charge in [-0.15, -0.1) is 0 Å². The minimum atomic E-state index is -4.20. The smallest absolute Gasteiger partial charge is 0.321 e. The number of anilines is 2. The van der Waals surface area contributed by atoms with Crippen molar-refractivity contribution in [1.29, 1.82) is 0 Å². The number of nitrogens with zero attached hydrogens (tertiary/aromatic N) is 2. The van der Waals surface area contributed by atoms with Crippen LogP contribution in [0.3, 0.4) is 0 Å². The number of amides is 3. The molecular formula is C30H33FN4O8S. The average Bonchev–Trinajstić information content (AvgIpc) is 3.47. The van der Waals surface area contributed by atoms with Crippen molar-refractivity contribution < 1.29 is 41.7 Å². The molecule has 0 bridgehead atoms. The Kier molecular flexibility index (Phi) is 8.83. The van der Waals surface area contributed by atoms with E-state index in [0.717, 1.165) is 24.3 Å². The molecule has 0 fully saturated rings. The van der Waals surface area contributed by atoms with E-state index >= 15 is 0 Å². The van der Waals surface area contributed by atoms with Gasteiger partial charge in [-0.2, -0.15) is 0 Å². The van der Waals surface area contributed by atoms with Gasteiger partial charge in [0, 0.05) is 31.3 Å². The number of benzene rings is 3. The number of carbonyl (C=O) groups excluding carboxylic acids is 2. The number of sulfonamides is 1. The number of fused-ring (bicyclic) bond motifs is 2. The summed E-state index contributed by atoms with van der Waals surface area (Å²) in [5, 5.41) is 12.7. The van der Waals surface area contributed by atoms with Crippen molar-refractivity contribution in [3.05, 3.63) is 72.0 Å². The van der Waals surface area contributed by atoms with Gasteiger partial charge in [0.25, 0.3) is 15.9 Å². The average molecular weight is 629 g/mol. The highest BCUT2D eigenvalue weighted by Gasteiger charge is 2.35. The Hall–Kier alpha value is -4.56. The molecule has 44 heavy (non-hydrogen) atoms. The van der Waals surface area contributed by atoms with Crippen LogP contribution in [0, 0.1) is 11.7 Å². The summed E-state index contributed by atoms with van der Waals surface area (Å²) in [4.78, 5) is 29.6. The standard InChI is InChI=1S/C30H33FN4O8S/c1-18-14-35(19(2)16-36)29(37)23-5-4-6-24(33-44(39,40)22-10-7-20(31)8-11-22)28(23)43-27(18)15-34(3)30(38)32-21-9-12-25-26(13-21)42-17-41-25/h4-13,18-19,27,33,36H,14-17H2,1-3H3,(H,32,38)/t18-,19+,27+/m0/s1. The highest BCUT2D eigenvalue weighted by molar-refractivity contribution is 7.92. The van der Waals surface area contributed by atoms with E-state index in [-0.39, 0.29) is 54.3 Å². The Balaban J connectivity index is 1.44. The summed E-state index contributed by atoms with van der Waals surface area (Å²) in [6.45, 7) is 3.61. The molecular weight excluding hydrogens is 595 g/mol. The molecule has 3 N–H and O–H groups in total. The predicted molar refractivity (Wildman–Crippen MR) is 159 cm³/mol. The molecule has 2 aliphatic heterocycles. The third-order valence-electron chi connectivity index (χ3n) is 7.48. The van der Waals surface area contributed by atoms with Gasteiger partial charge in [-0.25, -0.2) is 17.6 Å². The van der Waals surface area contributed by atoms with Gasteiger partial charge >= 0.3 is 6.03 Å². The molecule has 234 valence electrons. The summed E-state index contributed by atoms with van der Waals surface area (Å²) in [6.07, 6.45) is -0.709. The molecule has 0 saturated carbocycles. The summed E-state index contributed by atoms with van der Waals surface area (Å²) >= 11 is 0. The lowest BCUT2D eigenvalue weighted by atomic mass is 9.99. The molecule has 2 heterocycles. The molecule has 0 aromatic heterocycles. The van der Waals surface area contributed by atoms with Crippen LogP contribution in [0.25, 0.3) is 0 Å². The number of hydrogen-bond donors (Lipinski definition) is 3. The fourth-order valence-corrected chi connectivity index (χ4v) is 5.97. The third-order valence-corrected chi connectivity index (χ3v) is 8.87. The number of hydrogen-bond acceptors (Lipinski definition) is 8. The Bertz CT molecular complexity index is 1650. The largest absolute Gasteiger partial charge is 0.485 e. The first-order chi connectivity index (χ1) is 21.0. The monoisotopic (exact) mass is 628 g/mol. The number of rotatable bonds is 8. The van der Waals surface area contributed by atoms with Crippen LogP contribution < -0.4 is 24.2 Å². The van der Waals surface area contributed by atoms with Crippen LogP contribution in [0.5, 0.6) is 17.2 Å². The molecule has 3 atom stereocenters. The predicted octanol–water partition coefficient (Wildman–Crippen LogP) is 3.74. The zero-order valence-electron chi connectivity index (χ0n) is 24.3. The van der Waals surface area contributed by atoms with Gasteiger partial charge in [-0.3, -0.25) is 9.52 Å². The summed E-state index contributed by atoms with van der Waals surface area (Å²) in [5.41, 5.74) is 0.561. The molecule has 0 saturated heterocycles. The minimum Gasteiger partial charge on any atom is -0.485 e. The number of halogens is 1. The van der Waals surface area contributed by atoms with Crippen molar-refractivity contribution >= 4 is 33.3 Å². The van der Waals surface area contributed by atoms with E-state index in [1.54, 1.807) is 32.2 Å². The van der Waals surface area contributed by atoms with Gasteiger partial charge in [-0.1, -0.05) is 13.0 Å². The molecule has 3 aromatic carbocycles. The lowest BCUT2D eigenvalue weighted by Gasteiger charge is -2.38.